The van der Waals surface area contributed by atoms with E-state index in [-0.39, 0.29) is 0 Å². The molecule has 0 aromatic rings. The number of hydrogen-bond acceptors (Lipinski definition) is 5. The second kappa shape index (κ2) is 7.03. The molecule has 0 spiro atoms. The molecule has 2 N–H and O–H groups in total. The standard InChI is InChI=1S/C7H15NS2.C2H2O4/c1-7(4-8(2)3)5-9-10-6-7;3-1(4)2(5)6/h4-6H2,1-3H3;(H,3,4)(H,5,6). The van der Waals surface area contributed by atoms with E-state index in [9.17, 15) is 0 Å². The Balaban J connectivity index is 0.000000325. The number of hydrogen-bond donors (Lipinski definition) is 2. The van der Waals surface area contributed by atoms with E-state index in [1.165, 1.54) is 18.1 Å². The maximum absolute atomic E-state index is 9.10. The van der Waals surface area contributed by atoms with Gasteiger partial charge in [0.05, 0.1) is 0 Å². The lowest BCUT2D eigenvalue weighted by Gasteiger charge is -2.25. The van der Waals surface area contributed by atoms with Crippen LogP contribution in [0.1, 0.15) is 6.92 Å². The minimum Gasteiger partial charge on any atom is -0.473 e. The van der Waals surface area contributed by atoms with Crippen LogP contribution < -0.4 is 0 Å². The fourth-order valence-electron chi connectivity index (χ4n) is 1.26. The summed E-state index contributed by atoms with van der Waals surface area (Å²) in [7, 11) is 8.33. The second-order valence-corrected chi connectivity index (χ2v) is 6.65. The average molecular weight is 267 g/mol. The molecule has 7 heteroatoms. The van der Waals surface area contributed by atoms with Crippen molar-refractivity contribution in [3.63, 3.8) is 0 Å². The molecule has 0 aromatic heterocycles. The van der Waals surface area contributed by atoms with Crippen LogP contribution in [0.3, 0.4) is 0 Å². The van der Waals surface area contributed by atoms with E-state index in [1.54, 1.807) is 0 Å². The molecule has 0 aromatic carbocycles. The van der Waals surface area contributed by atoms with E-state index in [1.807, 2.05) is 21.6 Å². The van der Waals surface area contributed by atoms with Crippen molar-refractivity contribution in [2.24, 2.45) is 5.41 Å². The maximum Gasteiger partial charge on any atom is 0.414 e. The van der Waals surface area contributed by atoms with Crippen LogP contribution in [0.15, 0.2) is 0 Å². The molecule has 1 aliphatic rings. The van der Waals surface area contributed by atoms with Gasteiger partial charge in [-0.05, 0) is 19.5 Å². The van der Waals surface area contributed by atoms with Gasteiger partial charge in [-0.15, -0.1) is 0 Å². The van der Waals surface area contributed by atoms with Crippen molar-refractivity contribution in [1.29, 1.82) is 0 Å². The van der Waals surface area contributed by atoms with Crippen LogP contribution in [0, 0.1) is 5.41 Å². The second-order valence-electron chi connectivity index (χ2n) is 4.18. The normalized spacial score (nSPS) is 17.8. The molecule has 16 heavy (non-hydrogen) atoms. The molecule has 0 bridgehead atoms. The van der Waals surface area contributed by atoms with E-state index in [0.717, 1.165) is 0 Å². The van der Waals surface area contributed by atoms with Gasteiger partial charge in [0, 0.05) is 18.1 Å². The smallest absolute Gasteiger partial charge is 0.414 e. The van der Waals surface area contributed by atoms with E-state index in [2.05, 4.69) is 25.9 Å². The minimum atomic E-state index is -1.82. The number of carboxylic acid groups (broad SMARTS) is 2. The van der Waals surface area contributed by atoms with Crippen molar-refractivity contribution in [2.75, 3.05) is 32.1 Å². The highest BCUT2D eigenvalue weighted by Crippen LogP contribution is 2.42. The first kappa shape index (κ1) is 15.6. The zero-order valence-corrected chi connectivity index (χ0v) is 11.2. The van der Waals surface area contributed by atoms with Crippen molar-refractivity contribution in [1.82, 2.24) is 4.90 Å². The number of nitrogens with zero attached hydrogens (tertiary/aromatic N) is 1. The average Bonchev–Trinajstić information content (AvgIpc) is 2.51. The molecule has 94 valence electrons. The van der Waals surface area contributed by atoms with Gasteiger partial charge in [-0.2, -0.15) is 0 Å². The molecule has 0 unspecified atom stereocenters. The molecular weight excluding hydrogens is 250 g/mol. The van der Waals surface area contributed by atoms with Gasteiger partial charge in [0.15, 0.2) is 0 Å². The number of aliphatic carboxylic acids is 2. The Bertz CT molecular complexity index is 240. The van der Waals surface area contributed by atoms with Crippen LogP contribution >= 0.6 is 21.6 Å². The van der Waals surface area contributed by atoms with Crippen LogP contribution in [0.2, 0.25) is 0 Å². The van der Waals surface area contributed by atoms with Gasteiger partial charge in [0.2, 0.25) is 0 Å². The van der Waals surface area contributed by atoms with Gasteiger partial charge in [-0.3, -0.25) is 0 Å². The minimum absolute atomic E-state index is 0.568. The molecule has 1 aliphatic heterocycles. The van der Waals surface area contributed by atoms with Crippen molar-refractivity contribution in [3.8, 4) is 0 Å². The third kappa shape index (κ3) is 6.97. The topological polar surface area (TPSA) is 77.8 Å². The molecule has 0 radical (unpaired) electrons. The molecule has 1 saturated heterocycles. The van der Waals surface area contributed by atoms with Crippen molar-refractivity contribution in [2.45, 2.75) is 6.92 Å². The summed E-state index contributed by atoms with van der Waals surface area (Å²) in [5.74, 6) is -1.02. The van der Waals surface area contributed by atoms with Gasteiger partial charge in [0.25, 0.3) is 0 Å². The summed E-state index contributed by atoms with van der Waals surface area (Å²) in [4.78, 5) is 20.5. The number of rotatable bonds is 2. The van der Waals surface area contributed by atoms with Gasteiger partial charge < -0.3 is 15.1 Å². The monoisotopic (exact) mass is 267 g/mol. The molecular formula is C9H17NO4S2. The summed E-state index contributed by atoms with van der Waals surface area (Å²) >= 11 is 0. The summed E-state index contributed by atoms with van der Waals surface area (Å²) in [5.41, 5.74) is 0.568. The van der Waals surface area contributed by atoms with Crippen molar-refractivity contribution < 1.29 is 19.8 Å². The quantitative estimate of drug-likeness (QED) is 0.573. The molecule has 0 atom stereocenters. The first-order chi connectivity index (χ1) is 7.27. The Kier molecular flexibility index (Phi) is 6.85. The summed E-state index contributed by atoms with van der Waals surface area (Å²) in [5, 5.41) is 14.8. The van der Waals surface area contributed by atoms with E-state index < -0.39 is 11.9 Å². The lowest BCUT2D eigenvalue weighted by molar-refractivity contribution is -0.159. The Hall–Kier alpha value is -0.400. The van der Waals surface area contributed by atoms with Crippen LogP contribution in [-0.2, 0) is 9.59 Å². The first-order valence-corrected chi connectivity index (χ1v) is 7.11. The summed E-state index contributed by atoms with van der Waals surface area (Å²) in [6.07, 6.45) is 0. The Morgan fingerprint density at radius 2 is 1.56 bits per heavy atom. The zero-order valence-electron chi connectivity index (χ0n) is 9.60. The maximum atomic E-state index is 9.10. The highest BCUT2D eigenvalue weighted by Gasteiger charge is 2.30. The molecule has 0 saturated carbocycles. The molecule has 1 heterocycles. The van der Waals surface area contributed by atoms with Gasteiger partial charge >= 0.3 is 11.9 Å². The molecule has 0 amide bonds. The predicted octanol–water partition coefficient (Wildman–Crippen LogP) is 1.10. The van der Waals surface area contributed by atoms with Crippen molar-refractivity contribution in [3.05, 3.63) is 0 Å². The Labute approximate surface area is 103 Å². The predicted molar refractivity (Wildman–Crippen MR) is 66.8 cm³/mol. The molecule has 5 nitrogen and oxygen atoms in total. The fraction of sp³-hybridized carbons (Fsp3) is 0.778. The van der Waals surface area contributed by atoms with E-state index >= 15 is 0 Å². The van der Waals surface area contributed by atoms with Gasteiger partial charge in [0.1, 0.15) is 0 Å². The molecule has 0 aliphatic carbocycles. The molecule has 1 fully saturated rings. The summed E-state index contributed by atoms with van der Waals surface area (Å²) < 4.78 is 0. The number of carboxylic acids is 2. The van der Waals surface area contributed by atoms with Gasteiger partial charge in [-0.25, -0.2) is 9.59 Å². The molecule has 1 rings (SSSR count). The van der Waals surface area contributed by atoms with E-state index in [4.69, 9.17) is 19.8 Å². The summed E-state index contributed by atoms with van der Waals surface area (Å²) in [6.45, 7) is 3.60. The fourth-order valence-corrected chi connectivity index (χ4v) is 4.72. The third-order valence-electron chi connectivity index (χ3n) is 1.78. The van der Waals surface area contributed by atoms with Gasteiger partial charge in [-0.1, -0.05) is 28.5 Å². The third-order valence-corrected chi connectivity index (χ3v) is 4.78. The number of carbonyl (C=O) groups is 2. The lowest BCUT2D eigenvalue weighted by Crippen LogP contribution is -2.32. The van der Waals surface area contributed by atoms with Crippen LogP contribution in [0.5, 0.6) is 0 Å². The highest BCUT2D eigenvalue weighted by atomic mass is 33.1. The van der Waals surface area contributed by atoms with Crippen LogP contribution in [-0.4, -0.2) is 59.2 Å². The lowest BCUT2D eigenvalue weighted by atomic mass is 9.96. The van der Waals surface area contributed by atoms with Crippen LogP contribution in [0.4, 0.5) is 0 Å². The van der Waals surface area contributed by atoms with Crippen molar-refractivity contribution >= 4 is 33.5 Å². The largest absolute Gasteiger partial charge is 0.473 e. The van der Waals surface area contributed by atoms with E-state index in [0.29, 0.717) is 5.41 Å². The summed E-state index contributed by atoms with van der Waals surface area (Å²) in [6, 6.07) is 0. The first-order valence-electron chi connectivity index (χ1n) is 4.62. The Morgan fingerprint density at radius 1 is 1.19 bits per heavy atom. The SMILES string of the molecule is CN(C)CC1(C)CSSC1.O=C(O)C(=O)O. The van der Waals surface area contributed by atoms with Crippen LogP contribution in [0.25, 0.3) is 0 Å². The highest BCUT2D eigenvalue weighted by molar-refractivity contribution is 8.77. The zero-order chi connectivity index (χ0) is 12.8. The Morgan fingerprint density at radius 3 is 1.81 bits per heavy atom.